The Balaban J connectivity index is 1.69. The molecule has 4 nitrogen and oxygen atoms in total. The predicted molar refractivity (Wildman–Crippen MR) is 89.5 cm³/mol. The number of carbonyl (C=O) groups excluding carboxylic acids is 1. The zero-order valence-electron chi connectivity index (χ0n) is 12.5. The molecule has 0 aliphatic carbocycles. The van der Waals surface area contributed by atoms with Gasteiger partial charge in [0.15, 0.2) is 0 Å². The minimum absolute atomic E-state index is 0.0809. The molecule has 3 rings (SSSR count). The number of aromatic nitrogens is 2. The zero-order chi connectivity index (χ0) is 15.5. The van der Waals surface area contributed by atoms with E-state index in [0.29, 0.717) is 12.2 Å². The van der Waals surface area contributed by atoms with Crippen molar-refractivity contribution in [1.29, 1.82) is 0 Å². The predicted octanol–water partition coefficient (Wildman–Crippen LogP) is 3.86. The summed E-state index contributed by atoms with van der Waals surface area (Å²) in [6.07, 6.45) is 3.53. The molecule has 0 saturated heterocycles. The number of rotatable bonds is 4. The summed E-state index contributed by atoms with van der Waals surface area (Å²) in [6.45, 7) is 4.70. The van der Waals surface area contributed by atoms with Gasteiger partial charge in [0.25, 0.3) is 5.91 Å². The molecule has 2 heterocycles. The van der Waals surface area contributed by atoms with Gasteiger partial charge in [0.2, 0.25) is 0 Å². The van der Waals surface area contributed by atoms with Crippen LogP contribution in [0.15, 0.2) is 48.1 Å². The maximum atomic E-state index is 12.2. The number of amides is 1. The lowest BCUT2D eigenvalue weighted by molar-refractivity contribution is 0.103. The van der Waals surface area contributed by atoms with E-state index >= 15 is 0 Å². The number of carbonyl (C=O) groups is 1. The molecule has 112 valence electrons. The van der Waals surface area contributed by atoms with Crippen LogP contribution in [0.5, 0.6) is 0 Å². The quantitative estimate of drug-likeness (QED) is 0.795. The molecule has 0 fully saturated rings. The smallest absolute Gasteiger partial charge is 0.266 e. The highest BCUT2D eigenvalue weighted by molar-refractivity contribution is 7.12. The summed E-state index contributed by atoms with van der Waals surface area (Å²) in [7, 11) is 0. The number of aryl methyl sites for hydroxylation is 2. The molecule has 22 heavy (non-hydrogen) atoms. The molecule has 0 spiro atoms. The van der Waals surface area contributed by atoms with Gasteiger partial charge in [0.05, 0.1) is 23.3 Å². The van der Waals surface area contributed by atoms with E-state index in [1.165, 1.54) is 22.5 Å². The molecule has 0 aliphatic rings. The average Bonchev–Trinajstić information content (AvgIpc) is 3.08. The first-order valence-electron chi connectivity index (χ1n) is 7.05. The van der Waals surface area contributed by atoms with Crippen molar-refractivity contribution in [3.05, 3.63) is 69.7 Å². The maximum absolute atomic E-state index is 12.2. The van der Waals surface area contributed by atoms with Crippen LogP contribution in [-0.4, -0.2) is 15.7 Å². The van der Waals surface area contributed by atoms with E-state index in [9.17, 15) is 4.79 Å². The van der Waals surface area contributed by atoms with Crippen molar-refractivity contribution >= 4 is 22.9 Å². The molecule has 3 aromatic rings. The summed E-state index contributed by atoms with van der Waals surface area (Å²) in [5.41, 5.74) is 4.13. The van der Waals surface area contributed by atoms with Crippen LogP contribution >= 0.6 is 11.3 Å². The SMILES string of the molecule is Cc1cccc(Cn2cc(NC(=O)c3sccc3C)cn2)c1. The molecule has 0 unspecified atom stereocenters. The van der Waals surface area contributed by atoms with Crippen molar-refractivity contribution in [2.75, 3.05) is 5.32 Å². The van der Waals surface area contributed by atoms with Crippen LogP contribution in [0.2, 0.25) is 0 Å². The van der Waals surface area contributed by atoms with E-state index in [2.05, 4.69) is 35.5 Å². The fourth-order valence-electron chi connectivity index (χ4n) is 2.31. The lowest BCUT2D eigenvalue weighted by atomic mass is 10.1. The van der Waals surface area contributed by atoms with E-state index in [-0.39, 0.29) is 5.91 Å². The number of nitrogens with zero attached hydrogens (tertiary/aromatic N) is 2. The summed E-state index contributed by atoms with van der Waals surface area (Å²) in [5.74, 6) is -0.0809. The van der Waals surface area contributed by atoms with Gasteiger partial charge >= 0.3 is 0 Å². The largest absolute Gasteiger partial charge is 0.319 e. The molecule has 1 N–H and O–H groups in total. The summed E-state index contributed by atoms with van der Waals surface area (Å²) < 4.78 is 1.83. The number of hydrogen-bond acceptors (Lipinski definition) is 3. The second kappa shape index (κ2) is 6.15. The summed E-state index contributed by atoms with van der Waals surface area (Å²) in [5, 5.41) is 9.12. The average molecular weight is 311 g/mol. The molecular weight excluding hydrogens is 294 g/mol. The summed E-state index contributed by atoms with van der Waals surface area (Å²) >= 11 is 1.45. The minimum atomic E-state index is -0.0809. The van der Waals surface area contributed by atoms with Crippen molar-refractivity contribution < 1.29 is 4.79 Å². The lowest BCUT2D eigenvalue weighted by Crippen LogP contribution is -2.10. The molecule has 0 aliphatic heterocycles. The molecule has 0 radical (unpaired) electrons. The van der Waals surface area contributed by atoms with Crippen molar-refractivity contribution in [2.24, 2.45) is 0 Å². The maximum Gasteiger partial charge on any atom is 0.266 e. The molecule has 1 aromatic carbocycles. The van der Waals surface area contributed by atoms with Crippen LogP contribution in [-0.2, 0) is 6.54 Å². The second-order valence-corrected chi connectivity index (χ2v) is 6.22. The van der Waals surface area contributed by atoms with Gasteiger partial charge in [0, 0.05) is 6.20 Å². The first-order chi connectivity index (χ1) is 10.6. The minimum Gasteiger partial charge on any atom is -0.319 e. The highest BCUT2D eigenvalue weighted by Crippen LogP contribution is 2.18. The monoisotopic (exact) mass is 311 g/mol. The molecule has 5 heteroatoms. The molecule has 1 amide bonds. The van der Waals surface area contributed by atoms with Gasteiger partial charge in [-0.25, -0.2) is 0 Å². The van der Waals surface area contributed by atoms with Gasteiger partial charge < -0.3 is 5.32 Å². The van der Waals surface area contributed by atoms with Gasteiger partial charge in [-0.05, 0) is 36.4 Å². The Morgan fingerprint density at radius 3 is 2.91 bits per heavy atom. The van der Waals surface area contributed by atoms with Crippen molar-refractivity contribution in [3.63, 3.8) is 0 Å². The second-order valence-electron chi connectivity index (χ2n) is 5.30. The van der Waals surface area contributed by atoms with Gasteiger partial charge in [-0.15, -0.1) is 11.3 Å². The van der Waals surface area contributed by atoms with Gasteiger partial charge in [0.1, 0.15) is 0 Å². The summed E-state index contributed by atoms with van der Waals surface area (Å²) in [4.78, 5) is 12.9. The number of benzene rings is 1. The van der Waals surface area contributed by atoms with Crippen molar-refractivity contribution in [3.8, 4) is 0 Å². The van der Waals surface area contributed by atoms with Gasteiger partial charge in [-0.1, -0.05) is 29.8 Å². The van der Waals surface area contributed by atoms with Crippen LogP contribution in [0, 0.1) is 13.8 Å². The van der Waals surface area contributed by atoms with E-state index in [1.54, 1.807) is 6.20 Å². The van der Waals surface area contributed by atoms with Crippen LogP contribution in [0.25, 0.3) is 0 Å². The Hall–Kier alpha value is -2.40. The first kappa shape index (κ1) is 14.5. The molecule has 0 atom stereocenters. The molecular formula is C17H17N3OS. The third-order valence-corrected chi connectivity index (χ3v) is 4.40. The van der Waals surface area contributed by atoms with Crippen molar-refractivity contribution in [1.82, 2.24) is 9.78 Å². The molecule has 0 saturated carbocycles. The Kier molecular flexibility index (Phi) is 4.06. The van der Waals surface area contributed by atoms with Gasteiger partial charge in [-0.2, -0.15) is 5.10 Å². The fourth-order valence-corrected chi connectivity index (χ4v) is 3.13. The lowest BCUT2D eigenvalue weighted by Gasteiger charge is -2.03. The van der Waals surface area contributed by atoms with Crippen LogP contribution in [0.4, 0.5) is 5.69 Å². The van der Waals surface area contributed by atoms with Crippen LogP contribution in [0.1, 0.15) is 26.4 Å². The highest BCUT2D eigenvalue weighted by Gasteiger charge is 2.11. The Labute approximate surface area is 133 Å². The molecule has 2 aromatic heterocycles. The van der Waals surface area contributed by atoms with E-state index in [1.807, 2.05) is 35.3 Å². The van der Waals surface area contributed by atoms with E-state index in [4.69, 9.17) is 0 Å². The number of nitrogens with one attached hydrogen (secondary N) is 1. The topological polar surface area (TPSA) is 46.9 Å². The van der Waals surface area contributed by atoms with E-state index in [0.717, 1.165) is 10.4 Å². The fraction of sp³-hybridized carbons (Fsp3) is 0.176. The Morgan fingerprint density at radius 2 is 2.18 bits per heavy atom. The number of thiophene rings is 1. The summed E-state index contributed by atoms with van der Waals surface area (Å²) in [6, 6.07) is 10.3. The number of anilines is 1. The zero-order valence-corrected chi connectivity index (χ0v) is 13.4. The number of hydrogen-bond donors (Lipinski definition) is 1. The first-order valence-corrected chi connectivity index (χ1v) is 7.93. The van der Waals surface area contributed by atoms with Gasteiger partial charge in [-0.3, -0.25) is 9.48 Å². The third-order valence-electron chi connectivity index (χ3n) is 3.39. The van der Waals surface area contributed by atoms with Crippen LogP contribution < -0.4 is 5.32 Å². The standard InChI is InChI=1S/C17H17N3OS/c1-12-4-3-5-14(8-12)10-20-11-15(9-18-20)19-17(21)16-13(2)6-7-22-16/h3-9,11H,10H2,1-2H3,(H,19,21). The third kappa shape index (κ3) is 3.26. The highest BCUT2D eigenvalue weighted by atomic mass is 32.1. The molecule has 0 bridgehead atoms. The normalized spacial score (nSPS) is 10.6. The van der Waals surface area contributed by atoms with Crippen molar-refractivity contribution in [2.45, 2.75) is 20.4 Å². The Bertz CT molecular complexity index is 804. The van der Waals surface area contributed by atoms with E-state index < -0.39 is 0 Å². The Morgan fingerprint density at radius 1 is 1.32 bits per heavy atom. The van der Waals surface area contributed by atoms with Crippen LogP contribution in [0.3, 0.4) is 0 Å².